The summed E-state index contributed by atoms with van der Waals surface area (Å²) in [7, 11) is 1.62. The zero-order valence-corrected chi connectivity index (χ0v) is 13.3. The molecule has 1 amide bonds. The number of hydrogen-bond acceptors (Lipinski definition) is 3. The van der Waals surface area contributed by atoms with Crippen LogP contribution in [0, 0.1) is 12.8 Å². The van der Waals surface area contributed by atoms with E-state index in [-0.39, 0.29) is 5.91 Å². The van der Waals surface area contributed by atoms with Gasteiger partial charge in [0.25, 0.3) is 5.91 Å². The Labute approximate surface area is 130 Å². The van der Waals surface area contributed by atoms with Gasteiger partial charge in [0.2, 0.25) is 0 Å². The van der Waals surface area contributed by atoms with E-state index in [4.69, 9.17) is 4.74 Å². The highest BCUT2D eigenvalue weighted by atomic mass is 16.5. The number of fused-ring (bicyclic) bond motifs is 1. The van der Waals surface area contributed by atoms with Gasteiger partial charge in [-0.3, -0.25) is 9.48 Å². The Morgan fingerprint density at radius 1 is 1.45 bits per heavy atom. The molecule has 22 heavy (non-hydrogen) atoms. The molecule has 1 heterocycles. The molecule has 1 aliphatic carbocycles. The van der Waals surface area contributed by atoms with Crippen LogP contribution in [0.1, 0.15) is 35.2 Å². The van der Waals surface area contributed by atoms with Gasteiger partial charge in [-0.2, -0.15) is 5.10 Å². The maximum atomic E-state index is 12.2. The molecule has 3 rings (SSSR count). The second-order valence-corrected chi connectivity index (χ2v) is 6.07. The Bertz CT molecular complexity index is 674. The summed E-state index contributed by atoms with van der Waals surface area (Å²) in [5.74, 6) is 0.717. The zero-order valence-electron chi connectivity index (χ0n) is 13.3. The average Bonchev–Trinajstić information content (AvgIpc) is 2.87. The Kier molecular flexibility index (Phi) is 4.43. The predicted molar refractivity (Wildman–Crippen MR) is 86.0 cm³/mol. The van der Waals surface area contributed by atoms with E-state index < -0.39 is 0 Å². The van der Waals surface area contributed by atoms with Crippen LogP contribution < -0.4 is 5.32 Å². The fourth-order valence-electron chi connectivity index (χ4n) is 2.92. The van der Waals surface area contributed by atoms with E-state index in [1.165, 1.54) is 19.3 Å². The topological polar surface area (TPSA) is 56.1 Å². The first kappa shape index (κ1) is 15.0. The van der Waals surface area contributed by atoms with Crippen LogP contribution >= 0.6 is 0 Å². The highest BCUT2D eigenvalue weighted by Crippen LogP contribution is 2.28. The summed E-state index contributed by atoms with van der Waals surface area (Å²) >= 11 is 0. The third kappa shape index (κ3) is 2.99. The second kappa shape index (κ2) is 6.48. The van der Waals surface area contributed by atoms with Crippen molar-refractivity contribution >= 4 is 16.8 Å². The lowest BCUT2D eigenvalue weighted by atomic mass is 9.85. The molecule has 2 aromatic rings. The molecule has 1 fully saturated rings. The van der Waals surface area contributed by atoms with Gasteiger partial charge in [-0.15, -0.1) is 0 Å². The number of benzene rings is 1. The van der Waals surface area contributed by atoms with Crippen LogP contribution in [0.4, 0.5) is 0 Å². The van der Waals surface area contributed by atoms with Crippen LogP contribution in [0.2, 0.25) is 0 Å². The van der Waals surface area contributed by atoms with Crippen LogP contribution in [0.25, 0.3) is 10.9 Å². The SMILES string of the molecule is COCCNC(=O)c1ccc2nn(CC3CCC3)cc2c1C. The molecule has 1 aromatic carbocycles. The van der Waals surface area contributed by atoms with Crippen molar-refractivity contribution in [3.05, 3.63) is 29.5 Å². The van der Waals surface area contributed by atoms with Crippen molar-refractivity contribution in [2.75, 3.05) is 20.3 Å². The van der Waals surface area contributed by atoms with E-state index in [0.29, 0.717) is 18.7 Å². The summed E-state index contributed by atoms with van der Waals surface area (Å²) in [6.45, 7) is 4.02. The summed E-state index contributed by atoms with van der Waals surface area (Å²) in [6, 6.07) is 3.80. The van der Waals surface area contributed by atoms with E-state index >= 15 is 0 Å². The van der Waals surface area contributed by atoms with Crippen LogP contribution in [0.3, 0.4) is 0 Å². The average molecular weight is 301 g/mol. The molecule has 5 heteroatoms. The van der Waals surface area contributed by atoms with Gasteiger partial charge in [0, 0.05) is 37.3 Å². The molecule has 0 aliphatic heterocycles. The third-order valence-electron chi connectivity index (χ3n) is 4.51. The number of nitrogens with one attached hydrogen (secondary N) is 1. The van der Waals surface area contributed by atoms with Gasteiger partial charge >= 0.3 is 0 Å². The van der Waals surface area contributed by atoms with Crippen LogP contribution in [-0.4, -0.2) is 35.9 Å². The number of carbonyl (C=O) groups excluding carboxylic acids is 1. The van der Waals surface area contributed by atoms with Gasteiger partial charge in [-0.1, -0.05) is 6.42 Å². The lowest BCUT2D eigenvalue weighted by Crippen LogP contribution is -2.27. The predicted octanol–water partition coefficient (Wildman–Crippen LogP) is 2.52. The van der Waals surface area contributed by atoms with E-state index in [1.807, 2.05) is 23.7 Å². The minimum absolute atomic E-state index is 0.0526. The zero-order chi connectivity index (χ0) is 15.5. The fourth-order valence-corrected chi connectivity index (χ4v) is 2.92. The molecule has 118 valence electrons. The van der Waals surface area contributed by atoms with Crippen LogP contribution in [0.15, 0.2) is 18.3 Å². The van der Waals surface area contributed by atoms with Gasteiger partial charge in [0.15, 0.2) is 0 Å². The smallest absolute Gasteiger partial charge is 0.251 e. The quantitative estimate of drug-likeness (QED) is 0.834. The van der Waals surface area contributed by atoms with E-state index in [9.17, 15) is 4.79 Å². The number of carbonyl (C=O) groups is 1. The summed E-state index contributed by atoms with van der Waals surface area (Å²) in [4.78, 5) is 12.2. The highest BCUT2D eigenvalue weighted by molar-refractivity contribution is 6.00. The lowest BCUT2D eigenvalue weighted by molar-refractivity contribution is 0.0936. The molecule has 0 spiro atoms. The highest BCUT2D eigenvalue weighted by Gasteiger charge is 2.19. The molecule has 0 saturated heterocycles. The number of ether oxygens (including phenoxy) is 1. The number of hydrogen-bond donors (Lipinski definition) is 1. The van der Waals surface area contributed by atoms with E-state index in [0.717, 1.165) is 28.9 Å². The van der Waals surface area contributed by atoms with Gasteiger partial charge in [-0.25, -0.2) is 0 Å². The Morgan fingerprint density at radius 3 is 2.95 bits per heavy atom. The molecule has 1 saturated carbocycles. The summed E-state index contributed by atoms with van der Waals surface area (Å²) in [5, 5.41) is 8.58. The maximum absolute atomic E-state index is 12.2. The Morgan fingerprint density at radius 2 is 2.27 bits per heavy atom. The van der Waals surface area contributed by atoms with Crippen molar-refractivity contribution < 1.29 is 9.53 Å². The number of nitrogens with zero attached hydrogens (tertiary/aromatic N) is 2. The summed E-state index contributed by atoms with van der Waals surface area (Å²) in [5.41, 5.74) is 2.67. The van der Waals surface area contributed by atoms with Crippen molar-refractivity contribution in [3.8, 4) is 0 Å². The minimum atomic E-state index is -0.0526. The van der Waals surface area contributed by atoms with E-state index in [1.54, 1.807) is 7.11 Å². The van der Waals surface area contributed by atoms with Gasteiger partial charge in [-0.05, 0) is 43.4 Å². The third-order valence-corrected chi connectivity index (χ3v) is 4.51. The number of methoxy groups -OCH3 is 1. The van der Waals surface area contributed by atoms with Crippen molar-refractivity contribution in [2.45, 2.75) is 32.7 Å². The van der Waals surface area contributed by atoms with Crippen molar-refractivity contribution in [1.82, 2.24) is 15.1 Å². The molecule has 1 aliphatic rings. The van der Waals surface area contributed by atoms with Gasteiger partial charge < -0.3 is 10.1 Å². The molecule has 0 unspecified atom stereocenters. The van der Waals surface area contributed by atoms with Crippen molar-refractivity contribution in [2.24, 2.45) is 5.92 Å². The van der Waals surface area contributed by atoms with Gasteiger partial charge in [0.1, 0.15) is 0 Å². The van der Waals surface area contributed by atoms with E-state index in [2.05, 4.69) is 16.6 Å². The molecule has 0 atom stereocenters. The van der Waals surface area contributed by atoms with Crippen molar-refractivity contribution in [3.63, 3.8) is 0 Å². The monoisotopic (exact) mass is 301 g/mol. The Balaban J connectivity index is 1.80. The molecule has 0 bridgehead atoms. The molecular formula is C17H23N3O2. The standard InChI is InChI=1S/C17H23N3O2/c1-12-14(17(21)18-8-9-22-2)6-7-16-15(12)11-20(19-16)10-13-4-3-5-13/h6-7,11,13H,3-5,8-10H2,1-2H3,(H,18,21). The number of rotatable bonds is 6. The molecule has 0 radical (unpaired) electrons. The van der Waals surface area contributed by atoms with Crippen LogP contribution in [0.5, 0.6) is 0 Å². The van der Waals surface area contributed by atoms with Crippen molar-refractivity contribution in [1.29, 1.82) is 0 Å². The lowest BCUT2D eigenvalue weighted by Gasteiger charge is -2.24. The fraction of sp³-hybridized carbons (Fsp3) is 0.529. The second-order valence-electron chi connectivity index (χ2n) is 6.07. The first-order chi connectivity index (χ1) is 10.7. The number of aromatic nitrogens is 2. The summed E-state index contributed by atoms with van der Waals surface area (Å²) in [6.07, 6.45) is 6.04. The largest absolute Gasteiger partial charge is 0.383 e. The minimum Gasteiger partial charge on any atom is -0.383 e. The normalized spacial score (nSPS) is 15.0. The van der Waals surface area contributed by atoms with Crippen LogP contribution in [-0.2, 0) is 11.3 Å². The first-order valence-electron chi connectivity index (χ1n) is 7.93. The number of aryl methyl sites for hydroxylation is 1. The molecule has 1 aromatic heterocycles. The number of amides is 1. The van der Waals surface area contributed by atoms with Gasteiger partial charge in [0.05, 0.1) is 12.1 Å². The Hall–Kier alpha value is -1.88. The summed E-state index contributed by atoms with van der Waals surface area (Å²) < 4.78 is 6.99. The molecular weight excluding hydrogens is 278 g/mol. The molecule has 5 nitrogen and oxygen atoms in total. The first-order valence-corrected chi connectivity index (χ1v) is 7.93. The maximum Gasteiger partial charge on any atom is 0.251 e. The molecule has 1 N–H and O–H groups in total.